The molecular weight excluding hydrogens is 370 g/mol. The number of nitrogens with zero attached hydrogens (tertiary/aromatic N) is 2. The number of carbonyl (C=O) groups excluding carboxylic acids is 1. The zero-order chi connectivity index (χ0) is 20.4. The number of aryl methyl sites for hydroxylation is 1. The van der Waals surface area contributed by atoms with Crippen molar-refractivity contribution < 1.29 is 18.8 Å². The molecule has 0 saturated carbocycles. The number of aromatic nitrogens is 2. The first kappa shape index (κ1) is 18.5. The summed E-state index contributed by atoms with van der Waals surface area (Å²) in [5.74, 6) is 0.810. The minimum atomic E-state index is -0.315. The Kier molecular flexibility index (Phi) is 4.87. The van der Waals surface area contributed by atoms with Crippen LogP contribution in [0.3, 0.4) is 0 Å². The second kappa shape index (κ2) is 7.63. The van der Waals surface area contributed by atoms with Gasteiger partial charge in [0.25, 0.3) is 11.6 Å². The first-order chi connectivity index (χ1) is 14.1. The topological polar surface area (TPSA) is 86.5 Å². The lowest BCUT2D eigenvalue weighted by Crippen LogP contribution is -2.14. The summed E-state index contributed by atoms with van der Waals surface area (Å²) in [6.07, 6.45) is 0. The second-order valence-electron chi connectivity index (χ2n) is 6.39. The highest BCUT2D eigenvalue weighted by atomic mass is 16.5. The molecule has 0 radical (unpaired) electrons. The number of methoxy groups -OCH3 is 2. The van der Waals surface area contributed by atoms with Crippen LogP contribution in [-0.4, -0.2) is 30.3 Å². The first-order valence-electron chi connectivity index (χ1n) is 8.96. The van der Waals surface area contributed by atoms with E-state index in [0.29, 0.717) is 45.2 Å². The minimum Gasteiger partial charge on any atom is -0.497 e. The van der Waals surface area contributed by atoms with E-state index in [4.69, 9.17) is 14.0 Å². The Balaban J connectivity index is 1.78. The maximum absolute atomic E-state index is 13.2. The van der Waals surface area contributed by atoms with E-state index >= 15 is 0 Å². The smallest absolute Gasteiger partial charge is 0.259 e. The summed E-state index contributed by atoms with van der Waals surface area (Å²) in [6, 6.07) is 16.5. The molecule has 0 spiro atoms. The molecule has 0 fully saturated rings. The van der Waals surface area contributed by atoms with Crippen LogP contribution in [0.5, 0.6) is 11.5 Å². The zero-order valence-corrected chi connectivity index (χ0v) is 16.2. The van der Waals surface area contributed by atoms with Crippen molar-refractivity contribution >= 4 is 22.7 Å². The molecule has 0 atom stereocenters. The lowest BCUT2D eigenvalue weighted by atomic mass is 10.0. The van der Waals surface area contributed by atoms with Crippen LogP contribution in [0.25, 0.3) is 22.4 Å². The van der Waals surface area contributed by atoms with Crippen LogP contribution in [-0.2, 0) is 0 Å². The Hall–Kier alpha value is -3.87. The Bertz CT molecular complexity index is 1190. The van der Waals surface area contributed by atoms with Gasteiger partial charge in [0.05, 0.1) is 42.2 Å². The fourth-order valence-electron chi connectivity index (χ4n) is 3.12. The Morgan fingerprint density at radius 2 is 1.83 bits per heavy atom. The summed E-state index contributed by atoms with van der Waals surface area (Å²) in [5.41, 5.74) is 3.36. The van der Waals surface area contributed by atoms with E-state index in [1.165, 1.54) is 7.11 Å². The lowest BCUT2D eigenvalue weighted by Gasteiger charge is -2.12. The van der Waals surface area contributed by atoms with Crippen molar-refractivity contribution in [2.75, 3.05) is 19.5 Å². The number of nitrogens with one attached hydrogen (secondary N) is 1. The van der Waals surface area contributed by atoms with Gasteiger partial charge in [0.15, 0.2) is 0 Å². The van der Waals surface area contributed by atoms with Gasteiger partial charge in [0.2, 0.25) is 0 Å². The van der Waals surface area contributed by atoms with Gasteiger partial charge in [-0.1, -0.05) is 35.5 Å². The van der Waals surface area contributed by atoms with E-state index in [2.05, 4.69) is 15.5 Å². The molecule has 2 aromatic carbocycles. The van der Waals surface area contributed by atoms with Crippen LogP contribution < -0.4 is 14.8 Å². The van der Waals surface area contributed by atoms with Gasteiger partial charge in [0, 0.05) is 11.6 Å². The number of pyridine rings is 1. The van der Waals surface area contributed by atoms with E-state index in [1.54, 1.807) is 38.3 Å². The molecule has 0 aliphatic heterocycles. The average Bonchev–Trinajstić information content (AvgIpc) is 3.14. The number of amides is 1. The van der Waals surface area contributed by atoms with Crippen molar-refractivity contribution in [1.82, 2.24) is 10.1 Å². The maximum atomic E-state index is 13.2. The Morgan fingerprint density at radius 1 is 1.03 bits per heavy atom. The van der Waals surface area contributed by atoms with Crippen molar-refractivity contribution in [3.8, 4) is 22.8 Å². The number of hydrogen-bond donors (Lipinski definition) is 1. The number of rotatable bonds is 5. The largest absolute Gasteiger partial charge is 0.497 e. The van der Waals surface area contributed by atoms with Crippen LogP contribution in [0.1, 0.15) is 16.1 Å². The molecule has 7 heteroatoms. The number of benzene rings is 2. The maximum Gasteiger partial charge on any atom is 0.259 e. The van der Waals surface area contributed by atoms with Crippen molar-refractivity contribution in [2.45, 2.75) is 6.92 Å². The molecular formula is C22H19N3O4. The summed E-state index contributed by atoms with van der Waals surface area (Å²) in [4.78, 5) is 17.7. The molecule has 146 valence electrons. The standard InChI is InChI=1S/C22H19N3O4/c1-13-20-16(21(26)23-17-10-9-15(27-2)11-19(17)28-3)12-18(24-22(20)29-25-13)14-7-5-4-6-8-14/h4-12H,1-3H3,(H,23,26). The molecule has 29 heavy (non-hydrogen) atoms. The summed E-state index contributed by atoms with van der Waals surface area (Å²) in [7, 11) is 3.10. The van der Waals surface area contributed by atoms with Gasteiger partial charge in [-0.25, -0.2) is 4.98 Å². The molecule has 0 aliphatic carbocycles. The number of anilines is 1. The fraction of sp³-hybridized carbons (Fsp3) is 0.136. The van der Waals surface area contributed by atoms with Crippen molar-refractivity contribution in [1.29, 1.82) is 0 Å². The first-order valence-corrected chi connectivity index (χ1v) is 8.96. The van der Waals surface area contributed by atoms with Crippen LogP contribution >= 0.6 is 0 Å². The molecule has 2 heterocycles. The van der Waals surface area contributed by atoms with E-state index in [1.807, 2.05) is 30.3 Å². The molecule has 2 aromatic heterocycles. The number of ether oxygens (including phenoxy) is 2. The zero-order valence-electron chi connectivity index (χ0n) is 16.2. The van der Waals surface area contributed by atoms with Gasteiger partial charge in [-0.2, -0.15) is 0 Å². The SMILES string of the molecule is COc1ccc(NC(=O)c2cc(-c3ccccc3)nc3onc(C)c23)c(OC)c1. The molecule has 7 nitrogen and oxygen atoms in total. The molecule has 4 aromatic rings. The monoisotopic (exact) mass is 389 g/mol. The molecule has 0 bridgehead atoms. The average molecular weight is 389 g/mol. The van der Waals surface area contributed by atoms with Crippen LogP contribution in [0, 0.1) is 6.92 Å². The Morgan fingerprint density at radius 3 is 2.55 bits per heavy atom. The number of hydrogen-bond acceptors (Lipinski definition) is 6. The van der Waals surface area contributed by atoms with Gasteiger partial charge in [-0.3, -0.25) is 4.79 Å². The molecule has 0 unspecified atom stereocenters. The van der Waals surface area contributed by atoms with Gasteiger partial charge in [-0.05, 0) is 25.1 Å². The summed E-state index contributed by atoms with van der Waals surface area (Å²) in [6.45, 7) is 1.78. The van der Waals surface area contributed by atoms with Gasteiger partial charge < -0.3 is 19.3 Å². The van der Waals surface area contributed by atoms with Crippen molar-refractivity contribution in [2.24, 2.45) is 0 Å². The third-order valence-corrected chi connectivity index (χ3v) is 4.59. The fourth-order valence-corrected chi connectivity index (χ4v) is 3.12. The molecule has 1 N–H and O–H groups in total. The van der Waals surface area contributed by atoms with Crippen LogP contribution in [0.2, 0.25) is 0 Å². The second-order valence-corrected chi connectivity index (χ2v) is 6.39. The summed E-state index contributed by atoms with van der Waals surface area (Å²) >= 11 is 0. The number of fused-ring (bicyclic) bond motifs is 1. The highest BCUT2D eigenvalue weighted by Crippen LogP contribution is 2.31. The quantitative estimate of drug-likeness (QED) is 0.542. The molecule has 4 rings (SSSR count). The van der Waals surface area contributed by atoms with E-state index in [0.717, 1.165) is 5.56 Å². The molecule has 0 aliphatic rings. The third-order valence-electron chi connectivity index (χ3n) is 4.59. The Labute approximate surface area is 167 Å². The minimum absolute atomic E-state index is 0.315. The van der Waals surface area contributed by atoms with Crippen molar-refractivity contribution in [3.05, 3.63) is 65.9 Å². The van der Waals surface area contributed by atoms with E-state index in [-0.39, 0.29) is 5.91 Å². The normalized spacial score (nSPS) is 10.7. The summed E-state index contributed by atoms with van der Waals surface area (Å²) < 4.78 is 15.9. The number of carbonyl (C=O) groups is 1. The molecule has 1 amide bonds. The van der Waals surface area contributed by atoms with Crippen LogP contribution in [0.15, 0.2) is 59.1 Å². The highest BCUT2D eigenvalue weighted by Gasteiger charge is 2.20. The van der Waals surface area contributed by atoms with Gasteiger partial charge in [0.1, 0.15) is 11.5 Å². The molecule has 0 saturated heterocycles. The van der Waals surface area contributed by atoms with E-state index < -0.39 is 0 Å². The predicted molar refractivity (Wildman–Crippen MR) is 109 cm³/mol. The highest BCUT2D eigenvalue weighted by molar-refractivity contribution is 6.13. The van der Waals surface area contributed by atoms with Gasteiger partial charge >= 0.3 is 0 Å². The predicted octanol–water partition coefficient (Wildman–Crippen LogP) is 4.47. The summed E-state index contributed by atoms with van der Waals surface area (Å²) in [5, 5.41) is 7.46. The van der Waals surface area contributed by atoms with E-state index in [9.17, 15) is 4.79 Å². The van der Waals surface area contributed by atoms with Crippen LogP contribution in [0.4, 0.5) is 5.69 Å². The lowest BCUT2D eigenvalue weighted by molar-refractivity contribution is 0.102. The van der Waals surface area contributed by atoms with Crippen molar-refractivity contribution in [3.63, 3.8) is 0 Å². The third kappa shape index (κ3) is 3.50. The van der Waals surface area contributed by atoms with Gasteiger partial charge in [-0.15, -0.1) is 0 Å².